The standard InChI is InChI=1S/C14H20BrClN2/c1-10-8-18(9-11(2)17(10)3)14-5-4-13(15)6-12(14)7-16/h4-6,10-11H,7-9H2,1-3H3. The minimum Gasteiger partial charge on any atom is -0.368 e. The second kappa shape index (κ2) is 5.81. The van der Waals surface area contributed by atoms with Gasteiger partial charge in [-0.05, 0) is 44.7 Å². The van der Waals surface area contributed by atoms with Crippen molar-refractivity contribution < 1.29 is 0 Å². The quantitative estimate of drug-likeness (QED) is 0.762. The highest BCUT2D eigenvalue weighted by atomic mass is 79.9. The van der Waals surface area contributed by atoms with Crippen LogP contribution in [0.25, 0.3) is 0 Å². The molecule has 2 nitrogen and oxygen atoms in total. The molecule has 1 heterocycles. The van der Waals surface area contributed by atoms with E-state index in [1.165, 1.54) is 11.3 Å². The summed E-state index contributed by atoms with van der Waals surface area (Å²) in [5, 5.41) is 0. The Morgan fingerprint density at radius 1 is 1.28 bits per heavy atom. The highest BCUT2D eigenvalue weighted by Gasteiger charge is 2.27. The molecule has 1 fully saturated rings. The van der Waals surface area contributed by atoms with Crippen molar-refractivity contribution in [3.8, 4) is 0 Å². The number of likely N-dealkylation sites (N-methyl/N-ethyl adjacent to an activating group) is 1. The zero-order chi connectivity index (χ0) is 13.3. The summed E-state index contributed by atoms with van der Waals surface area (Å²) < 4.78 is 1.09. The Bertz CT molecular complexity index is 412. The van der Waals surface area contributed by atoms with E-state index in [0.29, 0.717) is 18.0 Å². The molecule has 100 valence electrons. The largest absolute Gasteiger partial charge is 0.368 e. The summed E-state index contributed by atoms with van der Waals surface area (Å²) in [4.78, 5) is 4.90. The molecule has 18 heavy (non-hydrogen) atoms. The molecule has 0 N–H and O–H groups in total. The molecule has 1 saturated heterocycles. The van der Waals surface area contributed by atoms with Crippen LogP contribution in [0.2, 0.25) is 0 Å². The van der Waals surface area contributed by atoms with Crippen molar-refractivity contribution in [1.82, 2.24) is 4.90 Å². The molecule has 0 radical (unpaired) electrons. The molecule has 2 rings (SSSR count). The molecule has 1 aliphatic heterocycles. The molecular weight excluding hydrogens is 312 g/mol. The third-order valence-corrected chi connectivity index (χ3v) is 4.67. The molecule has 0 bridgehead atoms. The lowest BCUT2D eigenvalue weighted by molar-refractivity contribution is 0.170. The van der Waals surface area contributed by atoms with Crippen molar-refractivity contribution in [3.05, 3.63) is 28.2 Å². The summed E-state index contributed by atoms with van der Waals surface area (Å²) in [6.45, 7) is 6.68. The maximum absolute atomic E-state index is 6.07. The van der Waals surface area contributed by atoms with Crippen molar-refractivity contribution in [1.29, 1.82) is 0 Å². The first kappa shape index (κ1) is 14.2. The summed E-state index contributed by atoms with van der Waals surface area (Å²) >= 11 is 9.58. The van der Waals surface area contributed by atoms with Gasteiger partial charge in [0.1, 0.15) is 0 Å². The smallest absolute Gasteiger partial charge is 0.0494 e. The van der Waals surface area contributed by atoms with Crippen molar-refractivity contribution in [2.24, 2.45) is 0 Å². The Balaban J connectivity index is 2.26. The second-order valence-electron chi connectivity index (χ2n) is 5.18. The van der Waals surface area contributed by atoms with Crippen LogP contribution in [0, 0.1) is 0 Å². The molecule has 1 aromatic carbocycles. The zero-order valence-corrected chi connectivity index (χ0v) is 13.5. The summed E-state index contributed by atoms with van der Waals surface area (Å²) in [5.74, 6) is 0.559. The van der Waals surface area contributed by atoms with Crippen LogP contribution in [-0.2, 0) is 5.88 Å². The number of benzene rings is 1. The normalized spacial score (nSPS) is 25.5. The molecule has 1 aliphatic rings. The number of hydrogen-bond donors (Lipinski definition) is 0. The first-order valence-corrected chi connectivity index (χ1v) is 7.67. The second-order valence-corrected chi connectivity index (χ2v) is 6.36. The Hall–Kier alpha value is -0.250. The molecule has 4 heteroatoms. The maximum atomic E-state index is 6.07. The number of anilines is 1. The average molecular weight is 332 g/mol. The molecule has 0 aromatic heterocycles. The van der Waals surface area contributed by atoms with Gasteiger partial charge in [-0.2, -0.15) is 0 Å². The number of alkyl halides is 1. The highest BCUT2D eigenvalue weighted by Crippen LogP contribution is 2.28. The molecule has 2 unspecified atom stereocenters. The lowest BCUT2D eigenvalue weighted by Gasteiger charge is -2.44. The molecular formula is C14H20BrClN2. The van der Waals surface area contributed by atoms with Gasteiger partial charge in [-0.25, -0.2) is 0 Å². The van der Waals surface area contributed by atoms with E-state index in [1.807, 2.05) is 0 Å². The topological polar surface area (TPSA) is 6.48 Å². The van der Waals surface area contributed by atoms with Gasteiger partial charge in [-0.15, -0.1) is 11.6 Å². The Labute approximate surface area is 123 Å². The predicted octanol–water partition coefficient (Wildman–Crippen LogP) is 3.72. The monoisotopic (exact) mass is 330 g/mol. The number of hydrogen-bond acceptors (Lipinski definition) is 2. The van der Waals surface area contributed by atoms with Gasteiger partial charge in [-0.1, -0.05) is 15.9 Å². The van der Waals surface area contributed by atoms with E-state index in [0.717, 1.165) is 17.6 Å². The van der Waals surface area contributed by atoms with Gasteiger partial charge in [0.25, 0.3) is 0 Å². The van der Waals surface area contributed by atoms with E-state index in [2.05, 4.69) is 64.8 Å². The summed E-state index contributed by atoms with van der Waals surface area (Å²) in [7, 11) is 2.21. The first-order chi connectivity index (χ1) is 8.52. The van der Waals surface area contributed by atoms with E-state index in [9.17, 15) is 0 Å². The molecule has 0 spiro atoms. The number of rotatable bonds is 2. The van der Waals surface area contributed by atoms with Crippen LogP contribution in [0.1, 0.15) is 19.4 Å². The van der Waals surface area contributed by atoms with Crippen LogP contribution in [0.4, 0.5) is 5.69 Å². The number of halogens is 2. The SMILES string of the molecule is CC1CN(c2ccc(Br)cc2CCl)CC(C)N1C. The molecule has 0 saturated carbocycles. The average Bonchev–Trinajstić information content (AvgIpc) is 2.35. The van der Waals surface area contributed by atoms with Crippen molar-refractivity contribution in [2.75, 3.05) is 25.0 Å². The van der Waals surface area contributed by atoms with Crippen molar-refractivity contribution in [3.63, 3.8) is 0 Å². The number of piperazine rings is 1. The van der Waals surface area contributed by atoms with Crippen molar-refractivity contribution in [2.45, 2.75) is 31.8 Å². The van der Waals surface area contributed by atoms with E-state index in [-0.39, 0.29) is 0 Å². The lowest BCUT2D eigenvalue weighted by Crippen LogP contribution is -2.55. The van der Waals surface area contributed by atoms with Crippen LogP contribution in [-0.4, -0.2) is 37.1 Å². The Morgan fingerprint density at radius 3 is 2.44 bits per heavy atom. The van der Waals surface area contributed by atoms with Gasteiger partial charge in [0.05, 0.1) is 0 Å². The highest BCUT2D eigenvalue weighted by molar-refractivity contribution is 9.10. The van der Waals surface area contributed by atoms with Crippen molar-refractivity contribution >= 4 is 33.2 Å². The van der Waals surface area contributed by atoms with E-state index >= 15 is 0 Å². The predicted molar refractivity (Wildman–Crippen MR) is 82.6 cm³/mol. The summed E-state index contributed by atoms with van der Waals surface area (Å²) in [6, 6.07) is 7.53. The van der Waals surface area contributed by atoms with Crippen LogP contribution in [0.5, 0.6) is 0 Å². The van der Waals surface area contributed by atoms with E-state index in [4.69, 9.17) is 11.6 Å². The summed E-state index contributed by atoms with van der Waals surface area (Å²) in [6.07, 6.45) is 0. The van der Waals surface area contributed by atoms with Crippen LogP contribution < -0.4 is 4.90 Å². The number of nitrogens with zero attached hydrogens (tertiary/aromatic N) is 2. The Morgan fingerprint density at radius 2 is 1.89 bits per heavy atom. The third kappa shape index (κ3) is 2.84. The van der Waals surface area contributed by atoms with Gasteiger partial charge in [0, 0.05) is 41.2 Å². The minimum absolute atomic E-state index is 0.559. The minimum atomic E-state index is 0.559. The first-order valence-electron chi connectivity index (χ1n) is 6.34. The fraction of sp³-hybridized carbons (Fsp3) is 0.571. The van der Waals surface area contributed by atoms with Gasteiger partial charge in [0.15, 0.2) is 0 Å². The van der Waals surface area contributed by atoms with Gasteiger partial charge >= 0.3 is 0 Å². The van der Waals surface area contributed by atoms with E-state index < -0.39 is 0 Å². The van der Waals surface area contributed by atoms with Crippen LogP contribution >= 0.6 is 27.5 Å². The zero-order valence-electron chi connectivity index (χ0n) is 11.2. The van der Waals surface area contributed by atoms with E-state index in [1.54, 1.807) is 0 Å². The summed E-state index contributed by atoms with van der Waals surface area (Å²) in [5.41, 5.74) is 2.48. The van der Waals surface area contributed by atoms with Gasteiger partial charge in [0.2, 0.25) is 0 Å². The molecule has 1 aromatic rings. The van der Waals surface area contributed by atoms with Crippen LogP contribution in [0.15, 0.2) is 22.7 Å². The Kier molecular flexibility index (Phi) is 4.57. The van der Waals surface area contributed by atoms with Gasteiger partial charge < -0.3 is 4.90 Å². The fourth-order valence-electron chi connectivity index (χ4n) is 2.57. The molecule has 0 amide bonds. The molecule has 2 atom stereocenters. The lowest BCUT2D eigenvalue weighted by atomic mass is 10.1. The molecule has 0 aliphatic carbocycles. The van der Waals surface area contributed by atoms with Crippen LogP contribution in [0.3, 0.4) is 0 Å². The maximum Gasteiger partial charge on any atom is 0.0494 e. The fourth-order valence-corrected chi connectivity index (χ4v) is 3.19. The third-order valence-electron chi connectivity index (χ3n) is 3.89. The van der Waals surface area contributed by atoms with Gasteiger partial charge in [-0.3, -0.25) is 4.90 Å².